The molecule has 1 aromatic rings. The highest BCUT2D eigenvalue weighted by Gasteiger charge is 2.23. The number of carbonyl (C=O) groups excluding carboxylic acids is 1. The number of rotatable bonds is 4. The number of aliphatic carboxylic acids is 1. The Morgan fingerprint density at radius 3 is 2.30 bits per heavy atom. The molecule has 0 bridgehead atoms. The Bertz CT molecular complexity index is 555. The van der Waals surface area contributed by atoms with E-state index in [2.05, 4.69) is 5.32 Å². The molecule has 0 spiro atoms. The van der Waals surface area contributed by atoms with Crippen molar-refractivity contribution in [3.05, 3.63) is 41.0 Å². The van der Waals surface area contributed by atoms with Crippen molar-refractivity contribution in [1.82, 2.24) is 5.32 Å². The van der Waals surface area contributed by atoms with Gasteiger partial charge in [-0.15, -0.1) is 0 Å². The van der Waals surface area contributed by atoms with Gasteiger partial charge in [-0.3, -0.25) is 14.5 Å². The third-order valence-corrected chi connectivity index (χ3v) is 3.41. The highest BCUT2D eigenvalue weighted by molar-refractivity contribution is 6.08. The van der Waals surface area contributed by atoms with Crippen LogP contribution >= 0.6 is 0 Å². The molecule has 0 unspecified atom stereocenters. The van der Waals surface area contributed by atoms with Crippen molar-refractivity contribution in [2.75, 3.05) is 24.5 Å². The first kappa shape index (κ1) is 14.3. The molecule has 1 aliphatic heterocycles. The maximum atomic E-state index is 12.5. The molecule has 1 saturated heterocycles. The summed E-state index contributed by atoms with van der Waals surface area (Å²) in [5.74, 6) is -1.27. The minimum absolute atomic E-state index is 0.243. The number of carboxylic acids is 1. The Hall–Kier alpha value is -2.14. The molecule has 1 amide bonds. The summed E-state index contributed by atoms with van der Waals surface area (Å²) in [7, 11) is 0. The lowest BCUT2D eigenvalue weighted by atomic mass is 10.0. The van der Waals surface area contributed by atoms with Crippen LogP contribution in [-0.4, -0.2) is 36.6 Å². The summed E-state index contributed by atoms with van der Waals surface area (Å²) >= 11 is 0. The van der Waals surface area contributed by atoms with Crippen molar-refractivity contribution < 1.29 is 14.7 Å². The van der Waals surface area contributed by atoms with E-state index in [0.29, 0.717) is 24.4 Å². The smallest absolute Gasteiger partial charge is 0.323 e. The number of carboxylic acid groups (broad SMARTS) is 1. The molecule has 20 heavy (non-hydrogen) atoms. The van der Waals surface area contributed by atoms with Crippen LogP contribution in [-0.2, 0) is 9.59 Å². The molecule has 106 valence electrons. The minimum Gasteiger partial charge on any atom is -0.480 e. The predicted octanol–water partition coefficient (Wildman–Crippen LogP) is 1.33. The number of nitrogens with zero attached hydrogens (tertiary/aromatic N) is 1. The second kappa shape index (κ2) is 5.88. The standard InChI is InChI=1S/C15H18N2O3/c1-10-3-5-13(6-4-10)17(9-14(18)19)15(20)11(2)12-7-16-8-12/h3-6,16H,7-9H2,1-2H3,(H,18,19). The number of nitrogens with one attached hydrogen (secondary N) is 1. The van der Waals surface area contributed by atoms with Gasteiger partial charge in [-0.2, -0.15) is 0 Å². The maximum Gasteiger partial charge on any atom is 0.323 e. The summed E-state index contributed by atoms with van der Waals surface area (Å²) in [5.41, 5.74) is 3.34. The molecule has 5 heteroatoms. The van der Waals surface area contributed by atoms with Crippen LogP contribution in [0.5, 0.6) is 0 Å². The van der Waals surface area contributed by atoms with Crippen LogP contribution in [0.3, 0.4) is 0 Å². The van der Waals surface area contributed by atoms with Gasteiger partial charge in [-0.1, -0.05) is 17.7 Å². The van der Waals surface area contributed by atoms with E-state index in [4.69, 9.17) is 5.11 Å². The topological polar surface area (TPSA) is 69.6 Å². The Balaban J connectivity index is 2.29. The Morgan fingerprint density at radius 2 is 1.85 bits per heavy atom. The zero-order valence-electron chi connectivity index (χ0n) is 11.6. The van der Waals surface area contributed by atoms with E-state index in [1.807, 2.05) is 19.1 Å². The summed E-state index contributed by atoms with van der Waals surface area (Å²) in [4.78, 5) is 24.8. The van der Waals surface area contributed by atoms with Crippen LogP contribution in [0.2, 0.25) is 0 Å². The van der Waals surface area contributed by atoms with Crippen LogP contribution in [0.25, 0.3) is 0 Å². The number of amides is 1. The molecular formula is C15H18N2O3. The van der Waals surface area contributed by atoms with E-state index in [1.54, 1.807) is 19.1 Å². The summed E-state index contributed by atoms with van der Waals surface area (Å²) in [6.07, 6.45) is 0. The molecule has 0 radical (unpaired) electrons. The van der Waals surface area contributed by atoms with Crippen molar-refractivity contribution in [3.63, 3.8) is 0 Å². The Kier molecular flexibility index (Phi) is 4.20. The molecular weight excluding hydrogens is 256 g/mol. The molecule has 0 aromatic heterocycles. The first-order valence-electron chi connectivity index (χ1n) is 6.48. The normalized spacial score (nSPS) is 13.6. The number of aryl methyl sites for hydroxylation is 1. The largest absolute Gasteiger partial charge is 0.480 e. The Labute approximate surface area is 117 Å². The molecule has 2 rings (SSSR count). The van der Waals surface area contributed by atoms with Gasteiger partial charge in [0.05, 0.1) is 0 Å². The third kappa shape index (κ3) is 3.05. The molecule has 2 N–H and O–H groups in total. The summed E-state index contributed by atoms with van der Waals surface area (Å²) in [6.45, 7) is 4.76. The number of hydrogen-bond donors (Lipinski definition) is 2. The van der Waals surface area contributed by atoms with Gasteiger partial charge in [0.15, 0.2) is 0 Å². The van der Waals surface area contributed by atoms with Crippen LogP contribution in [0, 0.1) is 6.92 Å². The fraction of sp³-hybridized carbons (Fsp3) is 0.333. The molecule has 1 heterocycles. The first-order chi connectivity index (χ1) is 9.49. The molecule has 1 aliphatic rings. The Morgan fingerprint density at radius 1 is 1.25 bits per heavy atom. The monoisotopic (exact) mass is 274 g/mol. The van der Waals surface area contributed by atoms with Gasteiger partial charge in [0, 0.05) is 24.4 Å². The van der Waals surface area contributed by atoms with E-state index in [-0.39, 0.29) is 12.5 Å². The van der Waals surface area contributed by atoms with Crippen molar-refractivity contribution in [2.24, 2.45) is 0 Å². The fourth-order valence-corrected chi connectivity index (χ4v) is 2.01. The van der Waals surface area contributed by atoms with Crippen LogP contribution in [0.15, 0.2) is 35.4 Å². The van der Waals surface area contributed by atoms with E-state index in [0.717, 1.165) is 11.1 Å². The first-order valence-corrected chi connectivity index (χ1v) is 6.48. The predicted molar refractivity (Wildman–Crippen MR) is 76.7 cm³/mol. The molecule has 1 fully saturated rings. The van der Waals surface area contributed by atoms with Crippen LogP contribution < -0.4 is 10.2 Å². The minimum atomic E-state index is -1.02. The highest BCUT2D eigenvalue weighted by atomic mass is 16.4. The number of carbonyl (C=O) groups is 2. The second-order valence-electron chi connectivity index (χ2n) is 4.95. The molecule has 0 saturated carbocycles. The SMILES string of the molecule is CC(C(=O)N(CC(=O)O)c1ccc(C)cc1)=C1CNC1. The van der Waals surface area contributed by atoms with Gasteiger partial charge in [-0.05, 0) is 31.6 Å². The zero-order chi connectivity index (χ0) is 14.7. The fourth-order valence-electron chi connectivity index (χ4n) is 2.01. The van der Waals surface area contributed by atoms with Crippen molar-refractivity contribution in [2.45, 2.75) is 13.8 Å². The van der Waals surface area contributed by atoms with Crippen LogP contribution in [0.1, 0.15) is 12.5 Å². The maximum absolute atomic E-state index is 12.5. The van der Waals surface area contributed by atoms with Gasteiger partial charge in [0.25, 0.3) is 5.91 Å². The average molecular weight is 274 g/mol. The third-order valence-electron chi connectivity index (χ3n) is 3.41. The van der Waals surface area contributed by atoms with Gasteiger partial charge >= 0.3 is 5.97 Å². The number of benzene rings is 1. The van der Waals surface area contributed by atoms with Crippen molar-refractivity contribution in [3.8, 4) is 0 Å². The summed E-state index contributed by atoms with van der Waals surface area (Å²) in [6, 6.07) is 7.27. The highest BCUT2D eigenvalue weighted by Crippen LogP contribution is 2.19. The van der Waals surface area contributed by atoms with E-state index in [9.17, 15) is 9.59 Å². The van der Waals surface area contributed by atoms with Crippen molar-refractivity contribution in [1.29, 1.82) is 0 Å². The molecule has 0 aliphatic carbocycles. The van der Waals surface area contributed by atoms with Gasteiger partial charge in [0.1, 0.15) is 6.54 Å². The lowest BCUT2D eigenvalue weighted by Gasteiger charge is -2.26. The quantitative estimate of drug-likeness (QED) is 0.813. The number of hydrogen-bond acceptors (Lipinski definition) is 3. The van der Waals surface area contributed by atoms with Gasteiger partial charge < -0.3 is 10.4 Å². The lowest BCUT2D eigenvalue weighted by Crippen LogP contribution is -2.41. The summed E-state index contributed by atoms with van der Waals surface area (Å²) < 4.78 is 0. The van der Waals surface area contributed by atoms with E-state index in [1.165, 1.54) is 4.90 Å². The van der Waals surface area contributed by atoms with Gasteiger partial charge in [-0.25, -0.2) is 0 Å². The zero-order valence-corrected chi connectivity index (χ0v) is 11.6. The second-order valence-corrected chi connectivity index (χ2v) is 4.95. The van der Waals surface area contributed by atoms with Crippen molar-refractivity contribution >= 4 is 17.6 Å². The van der Waals surface area contributed by atoms with Crippen LogP contribution in [0.4, 0.5) is 5.69 Å². The summed E-state index contributed by atoms with van der Waals surface area (Å²) in [5, 5.41) is 12.1. The molecule has 1 aromatic carbocycles. The van der Waals surface area contributed by atoms with Gasteiger partial charge in [0.2, 0.25) is 0 Å². The molecule has 5 nitrogen and oxygen atoms in total. The van der Waals surface area contributed by atoms with E-state index < -0.39 is 5.97 Å². The average Bonchev–Trinajstić information content (AvgIpc) is 2.34. The molecule has 0 atom stereocenters. The van der Waals surface area contributed by atoms with E-state index >= 15 is 0 Å². The lowest BCUT2D eigenvalue weighted by molar-refractivity contribution is -0.136. The number of anilines is 1.